The van der Waals surface area contributed by atoms with Gasteiger partial charge >= 0.3 is 11.6 Å². The van der Waals surface area contributed by atoms with Gasteiger partial charge in [-0.2, -0.15) is 5.10 Å². The van der Waals surface area contributed by atoms with Crippen LogP contribution in [-0.2, 0) is 24.4 Å². The van der Waals surface area contributed by atoms with Gasteiger partial charge in [0.15, 0.2) is 5.69 Å². The van der Waals surface area contributed by atoms with Gasteiger partial charge in [0.05, 0.1) is 30.5 Å². The topological polar surface area (TPSA) is 159 Å². The first-order chi connectivity index (χ1) is 14.4. The number of carbonyl (C=O) groups excluding carboxylic acids is 2. The fourth-order valence-corrected chi connectivity index (χ4v) is 2.59. The molecule has 158 valence electrons. The minimum Gasteiger partial charge on any atom is -0.475 e. The standard InChI is InChI=1S/C17H19N7O6/c1-3-22-8-12(15(20-22)16(26)18-7-11-5-4-6-30-11)19-14(25)10-23-9-13(24(27)28)17(21-23)29-2/h4-6,8-9H,3,7,10H2,1-2H3,(H,18,26)(H,19,25). The SMILES string of the molecule is CCn1cc(NC(=O)Cn2cc([N+](=O)[O-])c(OC)n2)c(C(=O)NCc2ccco2)n1. The largest absolute Gasteiger partial charge is 0.475 e. The molecular weight excluding hydrogens is 398 g/mol. The number of nitrogens with one attached hydrogen (secondary N) is 2. The lowest BCUT2D eigenvalue weighted by Gasteiger charge is -2.06. The summed E-state index contributed by atoms with van der Waals surface area (Å²) in [5.74, 6) is -0.682. The summed E-state index contributed by atoms with van der Waals surface area (Å²) in [4.78, 5) is 35.2. The number of ether oxygens (including phenoxy) is 1. The molecule has 0 spiro atoms. The van der Waals surface area contributed by atoms with Gasteiger partial charge in [0.1, 0.15) is 18.5 Å². The van der Waals surface area contributed by atoms with Gasteiger partial charge in [-0.1, -0.05) is 0 Å². The molecule has 0 aliphatic carbocycles. The highest BCUT2D eigenvalue weighted by Gasteiger charge is 2.22. The van der Waals surface area contributed by atoms with Gasteiger partial charge in [0, 0.05) is 12.7 Å². The molecule has 3 aromatic heterocycles. The normalized spacial score (nSPS) is 10.6. The number of hydrogen-bond donors (Lipinski definition) is 2. The summed E-state index contributed by atoms with van der Waals surface area (Å²) in [6, 6.07) is 3.42. The van der Waals surface area contributed by atoms with Crippen LogP contribution in [0.15, 0.2) is 35.2 Å². The Balaban J connectivity index is 1.71. The zero-order chi connectivity index (χ0) is 21.7. The van der Waals surface area contributed by atoms with E-state index in [4.69, 9.17) is 9.15 Å². The van der Waals surface area contributed by atoms with Crippen LogP contribution in [0, 0.1) is 10.1 Å². The fraction of sp³-hybridized carbons (Fsp3) is 0.294. The van der Waals surface area contributed by atoms with E-state index in [1.54, 1.807) is 12.1 Å². The molecule has 30 heavy (non-hydrogen) atoms. The molecule has 0 aliphatic rings. The van der Waals surface area contributed by atoms with Crippen LogP contribution in [0.4, 0.5) is 11.4 Å². The molecule has 2 amide bonds. The number of furan rings is 1. The van der Waals surface area contributed by atoms with Crippen molar-refractivity contribution in [2.75, 3.05) is 12.4 Å². The monoisotopic (exact) mass is 417 g/mol. The summed E-state index contributed by atoms with van der Waals surface area (Å²) in [7, 11) is 1.24. The van der Waals surface area contributed by atoms with Gasteiger partial charge in [0.2, 0.25) is 5.91 Å². The molecule has 0 saturated carbocycles. The summed E-state index contributed by atoms with van der Waals surface area (Å²) in [6.45, 7) is 2.15. The third-order valence-electron chi connectivity index (χ3n) is 3.98. The number of hydrogen-bond acceptors (Lipinski definition) is 8. The van der Waals surface area contributed by atoms with Crippen molar-refractivity contribution in [3.8, 4) is 5.88 Å². The predicted molar refractivity (Wildman–Crippen MR) is 102 cm³/mol. The van der Waals surface area contributed by atoms with Crippen LogP contribution < -0.4 is 15.4 Å². The van der Waals surface area contributed by atoms with E-state index >= 15 is 0 Å². The zero-order valence-electron chi connectivity index (χ0n) is 16.2. The average Bonchev–Trinajstić information content (AvgIpc) is 3.45. The number of carbonyl (C=O) groups is 2. The molecule has 3 aromatic rings. The highest BCUT2D eigenvalue weighted by molar-refractivity contribution is 6.02. The zero-order valence-corrected chi connectivity index (χ0v) is 16.2. The highest BCUT2D eigenvalue weighted by Crippen LogP contribution is 2.24. The van der Waals surface area contributed by atoms with Crippen molar-refractivity contribution in [1.82, 2.24) is 24.9 Å². The molecule has 0 atom stereocenters. The van der Waals surface area contributed by atoms with Crippen LogP contribution in [-0.4, -0.2) is 43.4 Å². The maximum atomic E-state index is 12.5. The van der Waals surface area contributed by atoms with Crippen molar-refractivity contribution in [2.45, 2.75) is 26.6 Å². The number of nitro groups is 1. The van der Waals surface area contributed by atoms with Crippen LogP contribution >= 0.6 is 0 Å². The first-order valence-corrected chi connectivity index (χ1v) is 8.85. The van der Waals surface area contributed by atoms with Crippen LogP contribution in [0.5, 0.6) is 5.88 Å². The number of aryl methyl sites for hydroxylation is 1. The van der Waals surface area contributed by atoms with E-state index in [0.717, 1.165) is 10.9 Å². The highest BCUT2D eigenvalue weighted by atomic mass is 16.6. The van der Waals surface area contributed by atoms with E-state index in [1.807, 2.05) is 6.92 Å². The first-order valence-electron chi connectivity index (χ1n) is 8.85. The number of nitrogens with zero attached hydrogens (tertiary/aromatic N) is 5. The van der Waals surface area contributed by atoms with Gasteiger partial charge in [-0.05, 0) is 19.1 Å². The molecule has 13 nitrogen and oxygen atoms in total. The van der Waals surface area contributed by atoms with Gasteiger partial charge in [-0.25, -0.2) is 0 Å². The van der Waals surface area contributed by atoms with Crippen LogP contribution in [0.3, 0.4) is 0 Å². The van der Waals surface area contributed by atoms with Crippen molar-refractivity contribution >= 4 is 23.2 Å². The minimum atomic E-state index is -0.660. The molecular formula is C17H19N7O6. The second-order valence-corrected chi connectivity index (χ2v) is 6.04. The second-order valence-electron chi connectivity index (χ2n) is 6.04. The van der Waals surface area contributed by atoms with Crippen molar-refractivity contribution in [3.63, 3.8) is 0 Å². The molecule has 0 unspecified atom stereocenters. The van der Waals surface area contributed by atoms with E-state index in [9.17, 15) is 19.7 Å². The fourth-order valence-electron chi connectivity index (χ4n) is 2.59. The predicted octanol–water partition coefficient (Wildman–Crippen LogP) is 1.18. The Morgan fingerprint density at radius 3 is 2.70 bits per heavy atom. The number of aromatic nitrogens is 4. The Bertz CT molecular complexity index is 1050. The molecule has 0 aliphatic heterocycles. The van der Waals surface area contributed by atoms with E-state index in [2.05, 4.69) is 20.8 Å². The molecule has 3 rings (SSSR count). The molecule has 0 saturated heterocycles. The van der Waals surface area contributed by atoms with Gasteiger partial charge < -0.3 is 19.8 Å². The second kappa shape index (κ2) is 8.89. The van der Waals surface area contributed by atoms with Crippen molar-refractivity contribution in [3.05, 3.63) is 52.4 Å². The van der Waals surface area contributed by atoms with Gasteiger partial charge in [0.25, 0.3) is 5.91 Å². The maximum Gasteiger partial charge on any atom is 0.350 e. The van der Waals surface area contributed by atoms with Crippen molar-refractivity contribution < 1.29 is 23.7 Å². The Hall–Kier alpha value is -4.16. The average molecular weight is 417 g/mol. The van der Waals surface area contributed by atoms with Gasteiger partial charge in [-0.15, -0.1) is 5.10 Å². The Labute approximate surface area is 169 Å². The molecule has 0 radical (unpaired) electrons. The summed E-state index contributed by atoms with van der Waals surface area (Å²) >= 11 is 0. The summed E-state index contributed by atoms with van der Waals surface area (Å²) in [5, 5.41) is 24.3. The lowest BCUT2D eigenvalue weighted by molar-refractivity contribution is -0.385. The third kappa shape index (κ3) is 4.63. The summed E-state index contributed by atoms with van der Waals surface area (Å²) in [6.07, 6.45) is 4.10. The van der Waals surface area contributed by atoms with E-state index in [-0.39, 0.29) is 36.0 Å². The van der Waals surface area contributed by atoms with Crippen LogP contribution in [0.2, 0.25) is 0 Å². The van der Waals surface area contributed by atoms with E-state index in [0.29, 0.717) is 12.3 Å². The number of anilines is 1. The number of rotatable bonds is 9. The molecule has 0 fully saturated rings. The number of methoxy groups -OCH3 is 1. The Morgan fingerprint density at radius 1 is 1.30 bits per heavy atom. The quantitative estimate of drug-likeness (QED) is 0.388. The minimum absolute atomic E-state index is 0.0285. The molecule has 0 bridgehead atoms. The molecule has 13 heteroatoms. The Morgan fingerprint density at radius 2 is 2.10 bits per heavy atom. The van der Waals surface area contributed by atoms with E-state index < -0.39 is 16.7 Å². The number of amides is 2. The van der Waals surface area contributed by atoms with Crippen molar-refractivity contribution in [2.24, 2.45) is 0 Å². The summed E-state index contributed by atoms with van der Waals surface area (Å²) < 4.78 is 12.6. The lowest BCUT2D eigenvalue weighted by atomic mass is 10.3. The first kappa shape index (κ1) is 20.6. The smallest absolute Gasteiger partial charge is 0.350 e. The summed E-state index contributed by atoms with van der Waals surface area (Å²) in [5.41, 5.74) is -0.129. The maximum absolute atomic E-state index is 12.5. The van der Waals surface area contributed by atoms with Gasteiger partial charge in [-0.3, -0.25) is 29.1 Å². The van der Waals surface area contributed by atoms with Crippen LogP contribution in [0.1, 0.15) is 23.2 Å². The lowest BCUT2D eigenvalue weighted by Crippen LogP contribution is -2.26. The third-order valence-corrected chi connectivity index (χ3v) is 3.98. The Kier molecular flexibility index (Phi) is 6.10. The van der Waals surface area contributed by atoms with Crippen LogP contribution in [0.25, 0.3) is 0 Å². The molecule has 3 heterocycles. The molecule has 2 N–H and O–H groups in total. The van der Waals surface area contributed by atoms with E-state index in [1.165, 1.54) is 24.3 Å². The molecule has 0 aromatic carbocycles. The van der Waals surface area contributed by atoms with Crippen molar-refractivity contribution in [1.29, 1.82) is 0 Å².